The van der Waals surface area contributed by atoms with Crippen molar-refractivity contribution in [2.24, 2.45) is 0 Å². The zero-order chi connectivity index (χ0) is 17.1. The first kappa shape index (κ1) is 17.6. The Balaban J connectivity index is 1.92. The molecule has 0 fully saturated rings. The highest BCUT2D eigenvalue weighted by atomic mass is 32.2. The van der Waals surface area contributed by atoms with Crippen molar-refractivity contribution in [2.75, 3.05) is 0 Å². The van der Waals surface area contributed by atoms with Gasteiger partial charge < -0.3 is 5.32 Å². The molecule has 0 spiro atoms. The third-order valence-electron chi connectivity index (χ3n) is 3.10. The summed E-state index contributed by atoms with van der Waals surface area (Å²) < 4.78 is 61.4. The quantitative estimate of drug-likeness (QED) is 0.669. The molecular weight excluding hydrogens is 342 g/mol. The molecule has 0 atom stereocenters. The molecule has 2 aromatic carbocycles. The van der Waals surface area contributed by atoms with Gasteiger partial charge in [-0.15, -0.1) is 0 Å². The van der Waals surface area contributed by atoms with Gasteiger partial charge in [0.25, 0.3) is 20.2 Å². The SMILES string of the molecule is O=S(=O)(O)c1ccc(CNCc2ccc(S(=O)(=O)O)cc2)cc1. The highest BCUT2D eigenvalue weighted by Crippen LogP contribution is 2.11. The van der Waals surface area contributed by atoms with Gasteiger partial charge in [-0.25, -0.2) is 0 Å². The standard InChI is InChI=1S/C14H15NO6S2/c16-22(17,18)13-5-1-11(2-6-13)9-15-10-12-3-7-14(8-4-12)23(19,20)21/h1-8,15H,9-10H2,(H,16,17,18)(H,19,20,21). The first-order valence-electron chi connectivity index (χ1n) is 6.50. The third-order valence-corrected chi connectivity index (χ3v) is 4.84. The molecule has 2 aromatic rings. The third kappa shape index (κ3) is 5.12. The predicted molar refractivity (Wildman–Crippen MR) is 83.1 cm³/mol. The van der Waals surface area contributed by atoms with Gasteiger partial charge in [0.2, 0.25) is 0 Å². The second kappa shape index (κ2) is 6.77. The topological polar surface area (TPSA) is 121 Å². The van der Waals surface area contributed by atoms with Crippen LogP contribution in [0.15, 0.2) is 58.3 Å². The summed E-state index contributed by atoms with van der Waals surface area (Å²) in [4.78, 5) is -0.330. The van der Waals surface area contributed by atoms with Crippen LogP contribution in [0.25, 0.3) is 0 Å². The molecule has 0 heterocycles. The highest BCUT2D eigenvalue weighted by Gasteiger charge is 2.09. The molecule has 0 unspecified atom stereocenters. The predicted octanol–water partition coefficient (Wildman–Crippen LogP) is 1.47. The number of rotatable bonds is 6. The number of hydrogen-bond donors (Lipinski definition) is 3. The van der Waals surface area contributed by atoms with Crippen molar-refractivity contribution in [3.63, 3.8) is 0 Å². The van der Waals surface area contributed by atoms with Crippen LogP contribution < -0.4 is 5.32 Å². The van der Waals surface area contributed by atoms with E-state index >= 15 is 0 Å². The minimum atomic E-state index is -4.19. The Kier molecular flexibility index (Phi) is 5.17. The molecule has 3 N–H and O–H groups in total. The molecule has 0 amide bonds. The van der Waals surface area contributed by atoms with E-state index in [1.54, 1.807) is 24.3 Å². The highest BCUT2D eigenvalue weighted by molar-refractivity contribution is 7.86. The van der Waals surface area contributed by atoms with Gasteiger partial charge >= 0.3 is 0 Å². The van der Waals surface area contributed by atoms with E-state index in [1.165, 1.54) is 24.3 Å². The second-order valence-electron chi connectivity index (χ2n) is 4.84. The van der Waals surface area contributed by atoms with Crippen LogP contribution >= 0.6 is 0 Å². The van der Waals surface area contributed by atoms with Crippen molar-refractivity contribution in [1.29, 1.82) is 0 Å². The molecule has 0 aliphatic heterocycles. The summed E-state index contributed by atoms with van der Waals surface area (Å²) in [5.41, 5.74) is 1.65. The summed E-state index contributed by atoms with van der Waals surface area (Å²) in [6, 6.07) is 11.6. The molecule has 124 valence electrons. The summed E-state index contributed by atoms with van der Waals surface area (Å²) in [6.07, 6.45) is 0. The van der Waals surface area contributed by atoms with Crippen molar-refractivity contribution >= 4 is 20.2 Å². The number of benzene rings is 2. The Morgan fingerprint density at radius 2 is 0.957 bits per heavy atom. The maximum absolute atomic E-state index is 10.9. The molecule has 0 bridgehead atoms. The zero-order valence-corrected chi connectivity index (χ0v) is 13.5. The molecule has 0 aromatic heterocycles. The molecule has 9 heteroatoms. The number of hydrogen-bond acceptors (Lipinski definition) is 5. The Labute approximate surface area is 134 Å². The lowest BCUT2D eigenvalue weighted by molar-refractivity contribution is 0.481. The van der Waals surface area contributed by atoms with E-state index < -0.39 is 20.2 Å². The molecule has 0 saturated carbocycles. The Morgan fingerprint density at radius 3 is 1.22 bits per heavy atom. The largest absolute Gasteiger partial charge is 0.309 e. The Morgan fingerprint density at radius 1 is 0.652 bits per heavy atom. The van der Waals surface area contributed by atoms with Crippen molar-refractivity contribution in [3.8, 4) is 0 Å². The average Bonchev–Trinajstić information content (AvgIpc) is 2.46. The Hall–Kier alpha value is -1.78. The van der Waals surface area contributed by atoms with Crippen molar-refractivity contribution < 1.29 is 25.9 Å². The smallest absolute Gasteiger partial charge is 0.294 e. The number of nitrogens with one attached hydrogen (secondary N) is 1. The van der Waals surface area contributed by atoms with Gasteiger partial charge in [0.15, 0.2) is 0 Å². The van der Waals surface area contributed by atoms with Crippen LogP contribution in [0.3, 0.4) is 0 Å². The Bertz CT molecular complexity index is 796. The van der Waals surface area contributed by atoms with Gasteiger partial charge in [0, 0.05) is 13.1 Å². The van der Waals surface area contributed by atoms with Crippen LogP contribution in [-0.4, -0.2) is 25.9 Å². The maximum atomic E-state index is 10.9. The lowest BCUT2D eigenvalue weighted by Gasteiger charge is -2.06. The molecule has 0 saturated heterocycles. The lowest BCUT2D eigenvalue weighted by Crippen LogP contribution is -2.13. The first-order chi connectivity index (χ1) is 10.7. The monoisotopic (exact) mass is 357 g/mol. The van der Waals surface area contributed by atoms with E-state index in [0.717, 1.165) is 11.1 Å². The first-order valence-corrected chi connectivity index (χ1v) is 9.38. The summed E-state index contributed by atoms with van der Waals surface area (Å²) in [5.74, 6) is 0. The molecule has 0 radical (unpaired) electrons. The van der Waals surface area contributed by atoms with Crippen molar-refractivity contribution in [2.45, 2.75) is 22.9 Å². The lowest BCUT2D eigenvalue weighted by atomic mass is 10.2. The second-order valence-corrected chi connectivity index (χ2v) is 7.68. The molecule has 2 rings (SSSR count). The summed E-state index contributed by atoms with van der Waals surface area (Å²) in [6.45, 7) is 0.928. The summed E-state index contributed by atoms with van der Waals surface area (Å²) >= 11 is 0. The average molecular weight is 357 g/mol. The molecule has 0 aliphatic rings. The van der Waals surface area contributed by atoms with Crippen LogP contribution in [0, 0.1) is 0 Å². The van der Waals surface area contributed by atoms with Crippen LogP contribution in [-0.2, 0) is 33.3 Å². The zero-order valence-electron chi connectivity index (χ0n) is 11.9. The van der Waals surface area contributed by atoms with Crippen LogP contribution in [0.5, 0.6) is 0 Å². The summed E-state index contributed by atoms with van der Waals surface area (Å²) in [7, 11) is -8.38. The van der Waals surface area contributed by atoms with Gasteiger partial charge in [-0.05, 0) is 35.4 Å². The van der Waals surface area contributed by atoms with E-state index in [-0.39, 0.29) is 9.79 Å². The van der Waals surface area contributed by atoms with Gasteiger partial charge in [-0.3, -0.25) is 9.11 Å². The fourth-order valence-corrected chi connectivity index (χ4v) is 2.87. The van der Waals surface area contributed by atoms with Gasteiger partial charge in [0.05, 0.1) is 9.79 Å². The van der Waals surface area contributed by atoms with Crippen LogP contribution in [0.2, 0.25) is 0 Å². The van der Waals surface area contributed by atoms with Crippen molar-refractivity contribution in [1.82, 2.24) is 5.32 Å². The fraction of sp³-hybridized carbons (Fsp3) is 0.143. The van der Waals surface area contributed by atoms with Crippen LogP contribution in [0.4, 0.5) is 0 Å². The molecule has 0 aliphatic carbocycles. The molecule has 23 heavy (non-hydrogen) atoms. The van der Waals surface area contributed by atoms with E-state index in [9.17, 15) is 16.8 Å². The minimum Gasteiger partial charge on any atom is -0.309 e. The fourth-order valence-electron chi connectivity index (χ4n) is 1.91. The minimum absolute atomic E-state index is 0.165. The van der Waals surface area contributed by atoms with Gasteiger partial charge in [-0.2, -0.15) is 16.8 Å². The van der Waals surface area contributed by atoms with E-state index in [2.05, 4.69) is 5.32 Å². The van der Waals surface area contributed by atoms with E-state index in [4.69, 9.17) is 9.11 Å². The summed E-state index contributed by atoms with van der Waals surface area (Å²) in [5, 5.41) is 3.11. The van der Waals surface area contributed by atoms with Crippen LogP contribution in [0.1, 0.15) is 11.1 Å². The molecule has 7 nitrogen and oxygen atoms in total. The van der Waals surface area contributed by atoms with E-state index in [0.29, 0.717) is 13.1 Å². The van der Waals surface area contributed by atoms with Gasteiger partial charge in [-0.1, -0.05) is 24.3 Å². The van der Waals surface area contributed by atoms with E-state index in [1.807, 2.05) is 0 Å². The maximum Gasteiger partial charge on any atom is 0.294 e. The van der Waals surface area contributed by atoms with Crippen molar-refractivity contribution in [3.05, 3.63) is 59.7 Å². The van der Waals surface area contributed by atoms with Gasteiger partial charge in [0.1, 0.15) is 0 Å². The normalized spacial score (nSPS) is 12.3. The molecular formula is C14H15NO6S2.